The van der Waals surface area contributed by atoms with E-state index in [9.17, 15) is 12.8 Å². The SMILES string of the molecule is O=S(=O)(/N=C(\Cc1nc(-c2ccc(Br)cc2)cs1)N1CCCCC1)c1ccc(F)cc1. The lowest BCUT2D eigenvalue weighted by Gasteiger charge is -2.29. The monoisotopic (exact) mass is 521 g/mol. The number of hydrogen-bond donors (Lipinski definition) is 0. The van der Waals surface area contributed by atoms with Crippen LogP contribution in [0.4, 0.5) is 4.39 Å². The van der Waals surface area contributed by atoms with Gasteiger partial charge in [0.05, 0.1) is 17.0 Å². The minimum absolute atomic E-state index is 0.0156. The van der Waals surface area contributed by atoms with Gasteiger partial charge in [-0.25, -0.2) is 9.37 Å². The third kappa shape index (κ3) is 5.58. The molecule has 3 aromatic rings. The van der Waals surface area contributed by atoms with E-state index in [0.717, 1.165) is 65.2 Å². The third-order valence-corrected chi connectivity index (χ3v) is 7.76. The first kappa shape index (κ1) is 22.1. The number of amidine groups is 1. The predicted molar refractivity (Wildman–Crippen MR) is 125 cm³/mol. The second kappa shape index (κ2) is 9.58. The van der Waals surface area contributed by atoms with Crippen molar-refractivity contribution in [3.63, 3.8) is 0 Å². The van der Waals surface area contributed by atoms with Crippen LogP contribution in [-0.4, -0.2) is 37.2 Å². The van der Waals surface area contributed by atoms with Crippen molar-refractivity contribution in [2.75, 3.05) is 13.1 Å². The molecule has 0 saturated carbocycles. The number of rotatable bonds is 5. The average molecular weight is 522 g/mol. The van der Waals surface area contributed by atoms with Crippen molar-refractivity contribution >= 4 is 43.1 Å². The highest BCUT2D eigenvalue weighted by molar-refractivity contribution is 9.10. The molecule has 0 amide bonds. The number of benzene rings is 2. The van der Waals surface area contributed by atoms with Crippen molar-refractivity contribution in [3.8, 4) is 11.3 Å². The fourth-order valence-electron chi connectivity index (χ4n) is 3.43. The molecule has 31 heavy (non-hydrogen) atoms. The van der Waals surface area contributed by atoms with Crippen molar-refractivity contribution in [3.05, 3.63) is 69.2 Å². The van der Waals surface area contributed by atoms with Crippen LogP contribution in [0.25, 0.3) is 11.3 Å². The van der Waals surface area contributed by atoms with Gasteiger partial charge in [0.2, 0.25) is 0 Å². The van der Waals surface area contributed by atoms with Gasteiger partial charge < -0.3 is 4.90 Å². The van der Waals surface area contributed by atoms with Crippen LogP contribution >= 0.6 is 27.3 Å². The smallest absolute Gasteiger partial charge is 0.283 e. The molecule has 1 aromatic heterocycles. The van der Waals surface area contributed by atoms with Gasteiger partial charge in [0, 0.05) is 28.5 Å². The van der Waals surface area contributed by atoms with Gasteiger partial charge in [0.1, 0.15) is 16.7 Å². The molecule has 1 fully saturated rings. The standard InChI is InChI=1S/C22H21BrFN3O2S2/c23-17-6-4-16(5-7-17)20-15-30-22(25-20)14-21(27-12-2-1-3-13-27)26-31(28,29)19-10-8-18(24)9-11-19/h4-11,15H,1-3,12-14H2/b26-21+. The summed E-state index contributed by atoms with van der Waals surface area (Å²) in [6.07, 6.45) is 3.45. The molecule has 162 valence electrons. The van der Waals surface area contributed by atoms with Crippen molar-refractivity contribution in [1.82, 2.24) is 9.88 Å². The van der Waals surface area contributed by atoms with E-state index in [1.54, 1.807) is 0 Å². The van der Waals surface area contributed by atoms with Crippen LogP contribution in [0.5, 0.6) is 0 Å². The number of piperidine rings is 1. The molecule has 2 heterocycles. The summed E-state index contributed by atoms with van der Waals surface area (Å²) < 4.78 is 44.2. The summed E-state index contributed by atoms with van der Waals surface area (Å²) in [5, 5.41) is 2.78. The largest absolute Gasteiger partial charge is 0.359 e. The highest BCUT2D eigenvalue weighted by Crippen LogP contribution is 2.25. The van der Waals surface area contributed by atoms with Crippen LogP contribution in [0.15, 0.2) is 67.7 Å². The number of hydrogen-bond acceptors (Lipinski definition) is 4. The number of halogens is 2. The molecule has 0 spiro atoms. The number of sulfonamides is 1. The highest BCUT2D eigenvalue weighted by Gasteiger charge is 2.22. The molecule has 0 N–H and O–H groups in total. The molecule has 0 aliphatic carbocycles. The van der Waals surface area contributed by atoms with E-state index in [-0.39, 0.29) is 4.90 Å². The van der Waals surface area contributed by atoms with E-state index in [1.807, 2.05) is 34.5 Å². The molecule has 4 rings (SSSR count). The highest BCUT2D eigenvalue weighted by atomic mass is 79.9. The minimum Gasteiger partial charge on any atom is -0.359 e. The Morgan fingerprint density at radius 3 is 2.42 bits per heavy atom. The molecule has 5 nitrogen and oxygen atoms in total. The summed E-state index contributed by atoms with van der Waals surface area (Å²) in [6, 6.07) is 12.7. The quantitative estimate of drug-likeness (QED) is 0.327. The normalized spacial score (nSPS) is 15.3. The molecule has 0 atom stereocenters. The molecule has 9 heteroatoms. The molecule has 1 saturated heterocycles. The zero-order valence-corrected chi connectivity index (χ0v) is 19.9. The van der Waals surface area contributed by atoms with E-state index < -0.39 is 15.8 Å². The minimum atomic E-state index is -3.94. The fourth-order valence-corrected chi connectivity index (χ4v) is 5.54. The van der Waals surface area contributed by atoms with Crippen LogP contribution in [0, 0.1) is 5.82 Å². The first-order valence-corrected chi connectivity index (χ1v) is 13.1. The third-order valence-electron chi connectivity index (χ3n) is 5.06. The van der Waals surface area contributed by atoms with Crippen LogP contribution < -0.4 is 0 Å². The number of nitrogens with zero attached hydrogens (tertiary/aromatic N) is 3. The van der Waals surface area contributed by atoms with E-state index in [0.29, 0.717) is 12.3 Å². The summed E-state index contributed by atoms with van der Waals surface area (Å²) in [7, 11) is -3.94. The molecule has 0 radical (unpaired) electrons. The van der Waals surface area contributed by atoms with Crippen molar-refractivity contribution in [1.29, 1.82) is 0 Å². The Labute approximate surface area is 193 Å². The van der Waals surface area contributed by atoms with E-state index >= 15 is 0 Å². The molecular weight excluding hydrogens is 501 g/mol. The van der Waals surface area contributed by atoms with Crippen molar-refractivity contribution < 1.29 is 12.8 Å². The van der Waals surface area contributed by atoms with Gasteiger partial charge in [0.15, 0.2) is 0 Å². The Morgan fingerprint density at radius 2 is 1.74 bits per heavy atom. The molecular formula is C22H21BrFN3O2S2. The first-order valence-electron chi connectivity index (χ1n) is 9.95. The Bertz CT molecular complexity index is 1170. The van der Waals surface area contributed by atoms with Gasteiger partial charge in [-0.1, -0.05) is 28.1 Å². The lowest BCUT2D eigenvalue weighted by molar-refractivity contribution is 0.338. The summed E-state index contributed by atoms with van der Waals surface area (Å²) in [5.74, 6) is 0.00294. The van der Waals surface area contributed by atoms with Crippen molar-refractivity contribution in [2.45, 2.75) is 30.6 Å². The number of thiazole rings is 1. The average Bonchev–Trinajstić information content (AvgIpc) is 3.23. The maximum Gasteiger partial charge on any atom is 0.283 e. The van der Waals surface area contributed by atoms with Gasteiger partial charge >= 0.3 is 0 Å². The van der Waals surface area contributed by atoms with Crippen LogP contribution in [-0.2, 0) is 16.4 Å². The van der Waals surface area contributed by atoms with E-state index in [2.05, 4.69) is 20.3 Å². The summed E-state index contributed by atoms with van der Waals surface area (Å²) >= 11 is 4.92. The van der Waals surface area contributed by atoms with Crippen molar-refractivity contribution in [2.24, 2.45) is 4.40 Å². The van der Waals surface area contributed by atoms with Gasteiger partial charge in [-0.05, 0) is 55.7 Å². The molecule has 1 aliphatic rings. The zero-order valence-electron chi connectivity index (χ0n) is 16.7. The van der Waals surface area contributed by atoms with Gasteiger partial charge in [-0.3, -0.25) is 0 Å². The summed E-state index contributed by atoms with van der Waals surface area (Å²) in [4.78, 5) is 6.73. The molecule has 0 unspecified atom stereocenters. The Balaban J connectivity index is 1.63. The van der Waals surface area contributed by atoms with E-state index in [4.69, 9.17) is 4.98 Å². The molecule has 1 aliphatic heterocycles. The maximum absolute atomic E-state index is 13.2. The second-order valence-corrected chi connectivity index (χ2v) is 10.8. The lowest BCUT2D eigenvalue weighted by atomic mass is 10.1. The number of aromatic nitrogens is 1. The Morgan fingerprint density at radius 1 is 1.06 bits per heavy atom. The van der Waals surface area contributed by atoms with E-state index in [1.165, 1.54) is 23.5 Å². The predicted octanol–water partition coefficient (Wildman–Crippen LogP) is 5.53. The van der Waals surface area contributed by atoms with Gasteiger partial charge in [0.25, 0.3) is 10.0 Å². The molecule has 0 bridgehead atoms. The zero-order chi connectivity index (χ0) is 21.8. The van der Waals surface area contributed by atoms with Gasteiger partial charge in [-0.15, -0.1) is 15.7 Å². The lowest BCUT2D eigenvalue weighted by Crippen LogP contribution is -2.37. The van der Waals surface area contributed by atoms with Crippen LogP contribution in [0.2, 0.25) is 0 Å². The maximum atomic E-state index is 13.2. The number of likely N-dealkylation sites (tertiary alicyclic amines) is 1. The Kier molecular flexibility index (Phi) is 6.83. The van der Waals surface area contributed by atoms with Crippen LogP contribution in [0.3, 0.4) is 0 Å². The summed E-state index contributed by atoms with van der Waals surface area (Å²) in [6.45, 7) is 1.53. The topological polar surface area (TPSA) is 62.6 Å². The Hall–Kier alpha value is -2.10. The second-order valence-electron chi connectivity index (χ2n) is 7.29. The van der Waals surface area contributed by atoms with Gasteiger partial charge in [-0.2, -0.15) is 8.42 Å². The first-order chi connectivity index (χ1) is 14.9. The van der Waals surface area contributed by atoms with Crippen LogP contribution in [0.1, 0.15) is 24.3 Å². The fraction of sp³-hybridized carbons (Fsp3) is 0.273. The molecule has 2 aromatic carbocycles. The summed E-state index contributed by atoms with van der Waals surface area (Å²) in [5.41, 5.74) is 1.85.